The number of aliphatic hydroxyl groups excluding tert-OH is 1. The average Bonchev–Trinajstić information content (AvgIpc) is 2.36. The minimum absolute atomic E-state index is 0.178. The standard InChI is InChI=1S/C15H23NO4S/c1-10-5-11(2)15(12(3)6-10)21(18,19)16-7-13(4)20-14(8-16)9-17/h5-6,13-14,17H,7-9H2,1-4H3. The fourth-order valence-electron chi connectivity index (χ4n) is 3.00. The summed E-state index contributed by atoms with van der Waals surface area (Å²) in [5.74, 6) is 0. The van der Waals surface area contributed by atoms with Gasteiger partial charge in [-0.05, 0) is 38.8 Å². The normalized spacial score (nSPS) is 24.2. The van der Waals surface area contributed by atoms with Crippen molar-refractivity contribution in [2.45, 2.75) is 44.8 Å². The molecule has 1 aliphatic rings. The van der Waals surface area contributed by atoms with Crippen molar-refractivity contribution in [3.05, 3.63) is 28.8 Å². The lowest BCUT2D eigenvalue weighted by Crippen LogP contribution is -2.50. The van der Waals surface area contributed by atoms with Crippen LogP contribution in [0.2, 0.25) is 0 Å². The van der Waals surface area contributed by atoms with Crippen LogP contribution in [-0.4, -0.2) is 49.7 Å². The molecule has 1 N–H and O–H groups in total. The van der Waals surface area contributed by atoms with E-state index in [1.54, 1.807) is 0 Å². The molecule has 5 nitrogen and oxygen atoms in total. The summed E-state index contributed by atoms with van der Waals surface area (Å²) in [6, 6.07) is 3.76. The molecule has 1 aliphatic heterocycles. The van der Waals surface area contributed by atoms with Crippen molar-refractivity contribution >= 4 is 10.0 Å². The zero-order valence-electron chi connectivity index (χ0n) is 13.0. The zero-order chi connectivity index (χ0) is 15.8. The van der Waals surface area contributed by atoms with E-state index in [1.165, 1.54) is 4.31 Å². The number of nitrogens with zero attached hydrogens (tertiary/aromatic N) is 1. The third-order valence-electron chi connectivity index (χ3n) is 3.70. The first-order valence-corrected chi connectivity index (χ1v) is 8.54. The highest BCUT2D eigenvalue weighted by Crippen LogP contribution is 2.27. The molecule has 1 aromatic carbocycles. The summed E-state index contributed by atoms with van der Waals surface area (Å²) in [5, 5.41) is 9.26. The van der Waals surface area contributed by atoms with E-state index in [9.17, 15) is 13.5 Å². The van der Waals surface area contributed by atoms with Gasteiger partial charge in [-0.3, -0.25) is 0 Å². The summed E-state index contributed by atoms with van der Waals surface area (Å²) in [4.78, 5) is 0.374. The smallest absolute Gasteiger partial charge is 0.243 e. The van der Waals surface area contributed by atoms with Gasteiger partial charge in [0.25, 0.3) is 0 Å². The summed E-state index contributed by atoms with van der Waals surface area (Å²) < 4.78 is 32.8. The van der Waals surface area contributed by atoms with Gasteiger partial charge in [-0.2, -0.15) is 4.31 Å². The maximum atomic E-state index is 12.9. The Morgan fingerprint density at radius 1 is 1.24 bits per heavy atom. The molecule has 0 radical (unpaired) electrons. The number of hydrogen-bond acceptors (Lipinski definition) is 4. The highest BCUT2D eigenvalue weighted by atomic mass is 32.2. The third-order valence-corrected chi connectivity index (χ3v) is 5.84. The molecule has 2 rings (SSSR count). The van der Waals surface area contributed by atoms with Gasteiger partial charge in [0.2, 0.25) is 10.0 Å². The summed E-state index contributed by atoms with van der Waals surface area (Å²) >= 11 is 0. The lowest BCUT2D eigenvalue weighted by Gasteiger charge is -2.35. The fourth-order valence-corrected chi connectivity index (χ4v) is 4.96. The predicted octanol–water partition coefficient (Wildman–Crippen LogP) is 1.38. The molecule has 118 valence electrons. The predicted molar refractivity (Wildman–Crippen MR) is 80.8 cm³/mol. The summed E-state index contributed by atoms with van der Waals surface area (Å²) in [7, 11) is -3.57. The molecule has 0 amide bonds. The van der Waals surface area contributed by atoms with E-state index in [0.29, 0.717) is 11.4 Å². The number of aryl methyl sites for hydroxylation is 3. The van der Waals surface area contributed by atoms with Crippen molar-refractivity contribution < 1.29 is 18.3 Å². The van der Waals surface area contributed by atoms with E-state index in [-0.39, 0.29) is 19.3 Å². The molecule has 0 aliphatic carbocycles. The van der Waals surface area contributed by atoms with Crippen LogP contribution in [0.25, 0.3) is 0 Å². The Hall–Kier alpha value is -0.950. The number of hydrogen-bond donors (Lipinski definition) is 1. The van der Waals surface area contributed by atoms with Gasteiger partial charge in [-0.15, -0.1) is 0 Å². The van der Waals surface area contributed by atoms with Gasteiger partial charge in [0, 0.05) is 13.1 Å². The second kappa shape index (κ2) is 6.04. The van der Waals surface area contributed by atoms with Gasteiger partial charge >= 0.3 is 0 Å². The molecule has 1 fully saturated rings. The van der Waals surface area contributed by atoms with E-state index in [1.807, 2.05) is 39.8 Å². The van der Waals surface area contributed by atoms with Crippen molar-refractivity contribution in [1.29, 1.82) is 0 Å². The van der Waals surface area contributed by atoms with Crippen LogP contribution in [0, 0.1) is 20.8 Å². The van der Waals surface area contributed by atoms with Gasteiger partial charge < -0.3 is 9.84 Å². The molecule has 6 heteroatoms. The monoisotopic (exact) mass is 313 g/mol. The molecule has 2 atom stereocenters. The molecule has 1 aromatic rings. The van der Waals surface area contributed by atoms with Crippen molar-refractivity contribution in [2.75, 3.05) is 19.7 Å². The Bertz CT molecular complexity index is 604. The highest BCUT2D eigenvalue weighted by Gasteiger charge is 2.35. The second-order valence-electron chi connectivity index (χ2n) is 5.80. The first kappa shape index (κ1) is 16.4. The Labute approximate surface area is 126 Å². The lowest BCUT2D eigenvalue weighted by molar-refractivity contribution is -0.0750. The van der Waals surface area contributed by atoms with E-state index in [4.69, 9.17) is 4.74 Å². The van der Waals surface area contributed by atoms with Gasteiger partial charge in [-0.25, -0.2) is 8.42 Å². The van der Waals surface area contributed by atoms with Crippen LogP contribution >= 0.6 is 0 Å². The minimum atomic E-state index is -3.57. The molecular formula is C15H23NO4S. The molecular weight excluding hydrogens is 290 g/mol. The topological polar surface area (TPSA) is 66.8 Å². The maximum absolute atomic E-state index is 12.9. The van der Waals surface area contributed by atoms with Crippen LogP contribution in [0.15, 0.2) is 17.0 Å². The summed E-state index contributed by atoms with van der Waals surface area (Å²) in [5.41, 5.74) is 2.56. The molecule has 2 unspecified atom stereocenters. The second-order valence-corrected chi connectivity index (χ2v) is 7.68. The van der Waals surface area contributed by atoms with Crippen LogP contribution in [0.5, 0.6) is 0 Å². The molecule has 1 heterocycles. The summed E-state index contributed by atoms with van der Waals surface area (Å²) in [6.07, 6.45) is -0.689. The zero-order valence-corrected chi connectivity index (χ0v) is 13.8. The van der Waals surface area contributed by atoms with Crippen molar-refractivity contribution in [1.82, 2.24) is 4.31 Å². The first-order valence-electron chi connectivity index (χ1n) is 7.10. The quantitative estimate of drug-likeness (QED) is 0.915. The van der Waals surface area contributed by atoms with Gasteiger partial charge in [0.1, 0.15) is 0 Å². The number of benzene rings is 1. The summed E-state index contributed by atoms with van der Waals surface area (Å²) in [6.45, 7) is 7.73. The fraction of sp³-hybridized carbons (Fsp3) is 0.600. The van der Waals surface area contributed by atoms with Gasteiger partial charge in [-0.1, -0.05) is 17.7 Å². The number of rotatable bonds is 3. The Balaban J connectivity index is 2.43. The van der Waals surface area contributed by atoms with E-state index in [0.717, 1.165) is 16.7 Å². The maximum Gasteiger partial charge on any atom is 0.243 e. The number of aliphatic hydroxyl groups is 1. The SMILES string of the molecule is Cc1cc(C)c(S(=O)(=O)N2CC(C)OC(CO)C2)c(C)c1. The van der Waals surface area contributed by atoms with E-state index < -0.39 is 16.1 Å². The van der Waals surface area contributed by atoms with Gasteiger partial charge in [0.15, 0.2) is 0 Å². The van der Waals surface area contributed by atoms with Crippen LogP contribution < -0.4 is 0 Å². The van der Waals surface area contributed by atoms with Crippen molar-refractivity contribution in [3.8, 4) is 0 Å². The molecule has 0 bridgehead atoms. The van der Waals surface area contributed by atoms with Crippen LogP contribution in [-0.2, 0) is 14.8 Å². The first-order chi connectivity index (χ1) is 9.75. The van der Waals surface area contributed by atoms with Crippen LogP contribution in [0.3, 0.4) is 0 Å². The number of sulfonamides is 1. The largest absolute Gasteiger partial charge is 0.394 e. The van der Waals surface area contributed by atoms with Gasteiger partial charge in [0.05, 0.1) is 23.7 Å². The van der Waals surface area contributed by atoms with Crippen LogP contribution in [0.4, 0.5) is 0 Å². The highest BCUT2D eigenvalue weighted by molar-refractivity contribution is 7.89. The Kier molecular flexibility index (Phi) is 4.72. The molecule has 1 saturated heterocycles. The Morgan fingerprint density at radius 2 is 1.81 bits per heavy atom. The Morgan fingerprint density at radius 3 is 2.33 bits per heavy atom. The molecule has 0 saturated carbocycles. The lowest BCUT2D eigenvalue weighted by atomic mass is 10.1. The third kappa shape index (κ3) is 3.29. The number of morpholine rings is 1. The van der Waals surface area contributed by atoms with Crippen molar-refractivity contribution in [3.63, 3.8) is 0 Å². The average molecular weight is 313 g/mol. The molecule has 0 spiro atoms. The molecule has 21 heavy (non-hydrogen) atoms. The van der Waals surface area contributed by atoms with Crippen molar-refractivity contribution in [2.24, 2.45) is 0 Å². The van der Waals surface area contributed by atoms with E-state index in [2.05, 4.69) is 0 Å². The number of ether oxygens (including phenoxy) is 1. The minimum Gasteiger partial charge on any atom is -0.394 e. The van der Waals surface area contributed by atoms with E-state index >= 15 is 0 Å². The van der Waals surface area contributed by atoms with Crippen LogP contribution in [0.1, 0.15) is 23.6 Å². The molecule has 0 aromatic heterocycles.